The molecule has 0 bridgehead atoms. The summed E-state index contributed by atoms with van der Waals surface area (Å²) < 4.78 is 1.41. The van der Waals surface area contributed by atoms with E-state index in [2.05, 4.69) is 16.8 Å². The summed E-state index contributed by atoms with van der Waals surface area (Å²) in [7, 11) is 2.02. The standard InChI is InChI=1S/C20H20N4O2/c1-14-12-22(2)16-7-3-4-8-17(16)24(13-14)20(26)15-11-21-18-9-5-6-10-23(18)19(15)25/h3-11,14H,12-13H2,1-2H3/t14-/m1/s1. The summed E-state index contributed by atoms with van der Waals surface area (Å²) >= 11 is 0. The molecule has 0 saturated carbocycles. The second kappa shape index (κ2) is 6.29. The maximum absolute atomic E-state index is 13.3. The van der Waals surface area contributed by atoms with E-state index in [1.165, 1.54) is 10.6 Å². The van der Waals surface area contributed by atoms with E-state index in [1.807, 2.05) is 37.4 Å². The lowest BCUT2D eigenvalue weighted by atomic mass is 10.1. The van der Waals surface area contributed by atoms with Gasteiger partial charge in [-0.2, -0.15) is 0 Å². The Balaban J connectivity index is 1.84. The number of rotatable bonds is 1. The number of carbonyl (C=O) groups is 1. The molecular weight excluding hydrogens is 328 g/mol. The van der Waals surface area contributed by atoms with E-state index in [0.29, 0.717) is 12.2 Å². The normalized spacial score (nSPS) is 17.1. The Morgan fingerprint density at radius 3 is 2.62 bits per heavy atom. The van der Waals surface area contributed by atoms with Crippen LogP contribution in [0.2, 0.25) is 0 Å². The number of nitrogens with zero attached hydrogens (tertiary/aromatic N) is 4. The van der Waals surface area contributed by atoms with Crippen LogP contribution in [0, 0.1) is 5.92 Å². The molecule has 0 spiro atoms. The van der Waals surface area contributed by atoms with Crippen LogP contribution in [0.15, 0.2) is 59.7 Å². The smallest absolute Gasteiger partial charge is 0.270 e. The molecule has 1 aromatic carbocycles. The van der Waals surface area contributed by atoms with Gasteiger partial charge in [-0.1, -0.05) is 25.1 Å². The Labute approximate surface area is 151 Å². The predicted octanol–water partition coefficient (Wildman–Crippen LogP) is 2.43. The third kappa shape index (κ3) is 2.63. The number of carbonyl (C=O) groups excluding carboxylic acids is 1. The Kier molecular flexibility index (Phi) is 3.95. The zero-order chi connectivity index (χ0) is 18.3. The SMILES string of the molecule is C[C@@H]1CN(C)c2ccccc2N(C(=O)c2cnc3ccccn3c2=O)C1. The average molecular weight is 348 g/mol. The van der Waals surface area contributed by atoms with Crippen LogP contribution in [-0.4, -0.2) is 35.4 Å². The Morgan fingerprint density at radius 1 is 1.08 bits per heavy atom. The maximum Gasteiger partial charge on any atom is 0.270 e. The first kappa shape index (κ1) is 16.3. The van der Waals surface area contributed by atoms with Crippen LogP contribution in [0.5, 0.6) is 0 Å². The molecule has 1 aliphatic heterocycles. The Bertz CT molecular complexity index is 1040. The molecule has 0 aliphatic carbocycles. The molecule has 0 unspecified atom stereocenters. The lowest BCUT2D eigenvalue weighted by molar-refractivity contribution is 0.0982. The molecular formula is C20H20N4O2. The summed E-state index contributed by atoms with van der Waals surface area (Å²) in [5.74, 6) is -0.0390. The molecule has 2 aromatic heterocycles. The minimum Gasteiger partial charge on any atom is -0.373 e. The van der Waals surface area contributed by atoms with Crippen LogP contribution < -0.4 is 15.4 Å². The van der Waals surface area contributed by atoms with Gasteiger partial charge in [0.1, 0.15) is 11.2 Å². The highest BCUT2D eigenvalue weighted by atomic mass is 16.2. The van der Waals surface area contributed by atoms with E-state index in [9.17, 15) is 9.59 Å². The summed E-state index contributed by atoms with van der Waals surface area (Å²) in [4.78, 5) is 34.2. The van der Waals surface area contributed by atoms with Crippen LogP contribution >= 0.6 is 0 Å². The highest BCUT2D eigenvalue weighted by Gasteiger charge is 2.29. The fourth-order valence-electron chi connectivity index (χ4n) is 3.56. The van der Waals surface area contributed by atoms with E-state index in [1.54, 1.807) is 23.2 Å². The number of fused-ring (bicyclic) bond motifs is 2. The van der Waals surface area contributed by atoms with Gasteiger partial charge in [0.2, 0.25) is 0 Å². The number of benzene rings is 1. The number of pyridine rings is 1. The molecule has 0 fully saturated rings. The Morgan fingerprint density at radius 2 is 1.81 bits per heavy atom. The minimum atomic E-state index is -0.344. The predicted molar refractivity (Wildman–Crippen MR) is 102 cm³/mol. The van der Waals surface area contributed by atoms with Crippen molar-refractivity contribution in [2.24, 2.45) is 5.92 Å². The maximum atomic E-state index is 13.3. The van der Waals surface area contributed by atoms with Crippen molar-refractivity contribution < 1.29 is 4.79 Å². The first-order valence-electron chi connectivity index (χ1n) is 8.64. The van der Waals surface area contributed by atoms with Crippen molar-refractivity contribution in [3.05, 3.63) is 70.8 Å². The third-order valence-corrected chi connectivity index (χ3v) is 4.75. The number of aromatic nitrogens is 2. The molecule has 1 atom stereocenters. The van der Waals surface area contributed by atoms with Gasteiger partial charge in [-0.3, -0.25) is 14.0 Å². The molecule has 4 rings (SSSR count). The molecule has 1 aliphatic rings. The van der Waals surface area contributed by atoms with E-state index in [4.69, 9.17) is 0 Å². The van der Waals surface area contributed by atoms with Gasteiger partial charge in [0.25, 0.3) is 11.5 Å². The molecule has 6 heteroatoms. The summed E-state index contributed by atoms with van der Waals surface area (Å²) in [5, 5.41) is 0. The fraction of sp³-hybridized carbons (Fsp3) is 0.250. The fourth-order valence-corrected chi connectivity index (χ4v) is 3.56. The van der Waals surface area contributed by atoms with Crippen molar-refractivity contribution in [1.29, 1.82) is 0 Å². The lowest BCUT2D eigenvalue weighted by Gasteiger charge is -2.24. The Hall–Kier alpha value is -3.15. The van der Waals surface area contributed by atoms with Crippen LogP contribution in [-0.2, 0) is 0 Å². The molecule has 3 aromatic rings. The van der Waals surface area contributed by atoms with Gasteiger partial charge < -0.3 is 9.80 Å². The van der Waals surface area contributed by atoms with Crippen molar-refractivity contribution in [3.8, 4) is 0 Å². The molecule has 3 heterocycles. The number of para-hydroxylation sites is 2. The van der Waals surface area contributed by atoms with Gasteiger partial charge in [0.05, 0.1) is 11.4 Å². The van der Waals surface area contributed by atoms with Gasteiger partial charge in [-0.05, 0) is 30.2 Å². The van der Waals surface area contributed by atoms with Crippen LogP contribution in [0.3, 0.4) is 0 Å². The average Bonchev–Trinajstić information content (AvgIpc) is 2.78. The van der Waals surface area contributed by atoms with Crippen LogP contribution in [0.4, 0.5) is 11.4 Å². The molecule has 1 amide bonds. The molecule has 6 nitrogen and oxygen atoms in total. The first-order valence-corrected chi connectivity index (χ1v) is 8.64. The number of hydrogen-bond acceptors (Lipinski definition) is 4. The van der Waals surface area contributed by atoms with Gasteiger partial charge in [0.15, 0.2) is 0 Å². The van der Waals surface area contributed by atoms with Gasteiger partial charge in [-0.15, -0.1) is 0 Å². The van der Waals surface area contributed by atoms with Gasteiger partial charge >= 0.3 is 0 Å². The monoisotopic (exact) mass is 348 g/mol. The van der Waals surface area contributed by atoms with E-state index < -0.39 is 0 Å². The third-order valence-electron chi connectivity index (χ3n) is 4.75. The van der Waals surface area contributed by atoms with Crippen molar-refractivity contribution >= 4 is 22.9 Å². The topological polar surface area (TPSA) is 57.9 Å². The zero-order valence-electron chi connectivity index (χ0n) is 14.8. The molecule has 0 saturated heterocycles. The first-order chi connectivity index (χ1) is 12.6. The number of anilines is 2. The molecule has 26 heavy (non-hydrogen) atoms. The highest BCUT2D eigenvalue weighted by Crippen LogP contribution is 2.33. The van der Waals surface area contributed by atoms with Gasteiger partial charge in [-0.25, -0.2) is 4.98 Å². The zero-order valence-corrected chi connectivity index (χ0v) is 14.8. The second-order valence-electron chi connectivity index (χ2n) is 6.80. The number of amides is 1. The highest BCUT2D eigenvalue weighted by molar-refractivity contribution is 6.07. The molecule has 0 N–H and O–H groups in total. The second-order valence-corrected chi connectivity index (χ2v) is 6.80. The summed E-state index contributed by atoms with van der Waals surface area (Å²) in [6, 6.07) is 13.1. The summed E-state index contributed by atoms with van der Waals surface area (Å²) in [6.45, 7) is 3.50. The van der Waals surface area contributed by atoms with Crippen molar-refractivity contribution in [2.75, 3.05) is 29.9 Å². The molecule has 132 valence electrons. The van der Waals surface area contributed by atoms with E-state index >= 15 is 0 Å². The van der Waals surface area contributed by atoms with E-state index in [-0.39, 0.29) is 22.9 Å². The van der Waals surface area contributed by atoms with Crippen molar-refractivity contribution in [1.82, 2.24) is 9.38 Å². The minimum absolute atomic E-state index is 0.0836. The summed E-state index contributed by atoms with van der Waals surface area (Å²) in [6.07, 6.45) is 3.02. The quantitative estimate of drug-likeness (QED) is 0.678. The summed E-state index contributed by atoms with van der Waals surface area (Å²) in [5.41, 5.74) is 2.07. The van der Waals surface area contributed by atoms with Crippen molar-refractivity contribution in [3.63, 3.8) is 0 Å². The van der Waals surface area contributed by atoms with Crippen LogP contribution in [0.25, 0.3) is 5.65 Å². The van der Waals surface area contributed by atoms with Gasteiger partial charge in [0, 0.05) is 32.5 Å². The number of hydrogen-bond donors (Lipinski definition) is 0. The van der Waals surface area contributed by atoms with Crippen LogP contribution in [0.1, 0.15) is 17.3 Å². The molecule has 0 radical (unpaired) electrons. The van der Waals surface area contributed by atoms with E-state index in [0.717, 1.165) is 17.9 Å². The lowest BCUT2D eigenvalue weighted by Crippen LogP contribution is -2.38. The van der Waals surface area contributed by atoms with Crippen molar-refractivity contribution in [2.45, 2.75) is 6.92 Å². The largest absolute Gasteiger partial charge is 0.373 e.